The quantitative estimate of drug-likeness (QED) is 0.769. The number of aromatic amines is 1. The van der Waals surface area contributed by atoms with Crippen molar-refractivity contribution in [3.05, 3.63) is 34.3 Å². The summed E-state index contributed by atoms with van der Waals surface area (Å²) in [7, 11) is 0. The molecule has 3 rings (SSSR count). The SMILES string of the molecule is O=c1[nH]c2c(C3CCCCN3)cccc2o1. The van der Waals surface area contributed by atoms with E-state index >= 15 is 0 Å². The fraction of sp³-hybridized carbons (Fsp3) is 0.417. The zero-order valence-electron chi connectivity index (χ0n) is 8.95. The van der Waals surface area contributed by atoms with Crippen LogP contribution in [0.15, 0.2) is 27.4 Å². The zero-order chi connectivity index (χ0) is 11.0. The van der Waals surface area contributed by atoms with E-state index in [4.69, 9.17) is 4.42 Å². The molecule has 2 heterocycles. The number of para-hydroxylation sites is 1. The van der Waals surface area contributed by atoms with Gasteiger partial charge in [-0.05, 0) is 31.0 Å². The first kappa shape index (κ1) is 9.66. The number of H-pyrrole nitrogens is 1. The molecule has 1 unspecified atom stereocenters. The van der Waals surface area contributed by atoms with Crippen LogP contribution in [0.3, 0.4) is 0 Å². The Hall–Kier alpha value is -1.55. The van der Waals surface area contributed by atoms with E-state index in [2.05, 4.69) is 16.4 Å². The largest absolute Gasteiger partial charge is 0.417 e. The Morgan fingerprint density at radius 1 is 1.31 bits per heavy atom. The molecule has 1 aromatic carbocycles. The summed E-state index contributed by atoms with van der Waals surface area (Å²) in [5, 5.41) is 3.47. The Morgan fingerprint density at radius 3 is 3.06 bits per heavy atom. The molecular formula is C12H14N2O2. The zero-order valence-corrected chi connectivity index (χ0v) is 8.95. The minimum atomic E-state index is -0.377. The molecule has 84 valence electrons. The molecule has 0 aliphatic carbocycles. The minimum absolute atomic E-state index is 0.339. The molecule has 0 spiro atoms. The third-order valence-corrected chi connectivity index (χ3v) is 3.17. The van der Waals surface area contributed by atoms with Crippen LogP contribution in [-0.4, -0.2) is 11.5 Å². The van der Waals surface area contributed by atoms with Crippen LogP contribution in [0.1, 0.15) is 30.9 Å². The van der Waals surface area contributed by atoms with Crippen molar-refractivity contribution in [2.45, 2.75) is 25.3 Å². The third kappa shape index (κ3) is 1.55. The molecule has 0 amide bonds. The van der Waals surface area contributed by atoms with Gasteiger partial charge in [0.1, 0.15) is 0 Å². The highest BCUT2D eigenvalue weighted by atomic mass is 16.4. The highest BCUT2D eigenvalue weighted by Crippen LogP contribution is 2.27. The number of aromatic nitrogens is 1. The lowest BCUT2D eigenvalue weighted by Gasteiger charge is -2.23. The van der Waals surface area contributed by atoms with Gasteiger partial charge in [0, 0.05) is 6.04 Å². The van der Waals surface area contributed by atoms with Gasteiger partial charge < -0.3 is 9.73 Å². The predicted octanol–water partition coefficient (Wildman–Crippen LogP) is 1.94. The van der Waals surface area contributed by atoms with Gasteiger partial charge in [-0.25, -0.2) is 4.79 Å². The summed E-state index contributed by atoms with van der Waals surface area (Å²) in [6.07, 6.45) is 3.58. The van der Waals surface area contributed by atoms with E-state index in [1.807, 2.05) is 12.1 Å². The molecule has 1 aromatic heterocycles. The van der Waals surface area contributed by atoms with Crippen LogP contribution in [0.25, 0.3) is 11.1 Å². The maximum absolute atomic E-state index is 11.2. The number of nitrogens with one attached hydrogen (secondary N) is 2. The van der Waals surface area contributed by atoms with Crippen molar-refractivity contribution in [1.29, 1.82) is 0 Å². The van der Waals surface area contributed by atoms with Crippen molar-refractivity contribution >= 4 is 11.1 Å². The molecule has 1 atom stereocenters. The number of oxazole rings is 1. The summed E-state index contributed by atoms with van der Waals surface area (Å²) in [6.45, 7) is 1.04. The van der Waals surface area contributed by atoms with Crippen molar-refractivity contribution in [1.82, 2.24) is 10.3 Å². The molecule has 0 saturated carbocycles. The molecule has 16 heavy (non-hydrogen) atoms. The molecule has 1 saturated heterocycles. The van der Waals surface area contributed by atoms with Crippen LogP contribution >= 0.6 is 0 Å². The first-order valence-corrected chi connectivity index (χ1v) is 5.70. The van der Waals surface area contributed by atoms with E-state index in [9.17, 15) is 4.79 Å². The monoisotopic (exact) mass is 218 g/mol. The molecule has 0 bridgehead atoms. The summed E-state index contributed by atoms with van der Waals surface area (Å²) in [5.41, 5.74) is 2.63. The number of piperidine rings is 1. The molecule has 4 heteroatoms. The molecular weight excluding hydrogens is 204 g/mol. The average molecular weight is 218 g/mol. The molecule has 1 aliphatic heterocycles. The standard InChI is InChI=1S/C12H14N2O2/c15-12-14-11-8(4-3-6-10(11)16-12)9-5-1-2-7-13-9/h3-4,6,9,13H,1-2,5,7H2,(H,14,15). The minimum Gasteiger partial charge on any atom is -0.408 e. The van der Waals surface area contributed by atoms with Gasteiger partial charge in [-0.2, -0.15) is 0 Å². The second kappa shape index (κ2) is 3.79. The number of benzene rings is 1. The normalized spacial score (nSPS) is 21.4. The summed E-state index contributed by atoms with van der Waals surface area (Å²) in [4.78, 5) is 13.9. The van der Waals surface area contributed by atoms with Crippen LogP contribution in [-0.2, 0) is 0 Å². The van der Waals surface area contributed by atoms with Gasteiger partial charge in [0.25, 0.3) is 0 Å². The Kier molecular flexibility index (Phi) is 2.29. The van der Waals surface area contributed by atoms with E-state index in [0.29, 0.717) is 11.6 Å². The highest BCUT2D eigenvalue weighted by Gasteiger charge is 2.18. The van der Waals surface area contributed by atoms with E-state index < -0.39 is 0 Å². The topological polar surface area (TPSA) is 58.0 Å². The van der Waals surface area contributed by atoms with Gasteiger partial charge in [-0.1, -0.05) is 18.6 Å². The van der Waals surface area contributed by atoms with E-state index in [1.54, 1.807) is 0 Å². The maximum atomic E-state index is 11.2. The first-order chi connectivity index (χ1) is 7.84. The lowest BCUT2D eigenvalue weighted by atomic mass is 9.97. The lowest BCUT2D eigenvalue weighted by Crippen LogP contribution is -2.26. The van der Waals surface area contributed by atoms with E-state index in [1.165, 1.54) is 12.8 Å². The number of fused-ring (bicyclic) bond motifs is 1. The smallest absolute Gasteiger partial charge is 0.408 e. The number of rotatable bonds is 1. The summed E-state index contributed by atoms with van der Waals surface area (Å²) < 4.78 is 5.06. The van der Waals surface area contributed by atoms with Crippen LogP contribution in [0.4, 0.5) is 0 Å². The summed E-state index contributed by atoms with van der Waals surface area (Å²) >= 11 is 0. The van der Waals surface area contributed by atoms with Gasteiger partial charge in [-0.15, -0.1) is 0 Å². The van der Waals surface area contributed by atoms with Crippen molar-refractivity contribution < 1.29 is 4.42 Å². The average Bonchev–Trinajstić information content (AvgIpc) is 2.70. The maximum Gasteiger partial charge on any atom is 0.417 e. The Balaban J connectivity index is 2.11. The van der Waals surface area contributed by atoms with Crippen LogP contribution in [0.2, 0.25) is 0 Å². The Labute approximate surface area is 92.7 Å². The molecule has 2 aromatic rings. The van der Waals surface area contributed by atoms with Crippen LogP contribution in [0.5, 0.6) is 0 Å². The lowest BCUT2D eigenvalue weighted by molar-refractivity contribution is 0.414. The highest BCUT2D eigenvalue weighted by molar-refractivity contribution is 5.76. The van der Waals surface area contributed by atoms with Crippen molar-refractivity contribution in [2.75, 3.05) is 6.54 Å². The van der Waals surface area contributed by atoms with Gasteiger partial charge in [-0.3, -0.25) is 4.98 Å². The molecule has 2 N–H and O–H groups in total. The fourth-order valence-corrected chi connectivity index (χ4v) is 2.40. The van der Waals surface area contributed by atoms with E-state index in [-0.39, 0.29) is 5.76 Å². The summed E-state index contributed by atoms with van der Waals surface area (Å²) in [6, 6.07) is 6.15. The van der Waals surface area contributed by atoms with Crippen LogP contribution in [0, 0.1) is 0 Å². The molecule has 1 fully saturated rings. The van der Waals surface area contributed by atoms with Gasteiger partial charge >= 0.3 is 5.76 Å². The van der Waals surface area contributed by atoms with Gasteiger partial charge in [0.2, 0.25) is 0 Å². The van der Waals surface area contributed by atoms with Crippen molar-refractivity contribution in [3.63, 3.8) is 0 Å². The second-order valence-corrected chi connectivity index (χ2v) is 4.24. The van der Waals surface area contributed by atoms with Gasteiger partial charge in [0.15, 0.2) is 5.58 Å². The molecule has 1 aliphatic rings. The van der Waals surface area contributed by atoms with Gasteiger partial charge in [0.05, 0.1) is 5.52 Å². The van der Waals surface area contributed by atoms with Crippen LogP contribution < -0.4 is 11.1 Å². The third-order valence-electron chi connectivity index (χ3n) is 3.17. The van der Waals surface area contributed by atoms with Crippen molar-refractivity contribution in [2.24, 2.45) is 0 Å². The molecule has 4 nitrogen and oxygen atoms in total. The number of hydrogen-bond donors (Lipinski definition) is 2. The fourth-order valence-electron chi connectivity index (χ4n) is 2.40. The first-order valence-electron chi connectivity index (χ1n) is 5.70. The summed E-state index contributed by atoms with van der Waals surface area (Å²) in [5.74, 6) is -0.377. The molecule has 0 radical (unpaired) electrons. The number of hydrogen-bond acceptors (Lipinski definition) is 3. The predicted molar refractivity (Wildman–Crippen MR) is 61.4 cm³/mol. The Morgan fingerprint density at radius 2 is 2.25 bits per heavy atom. The Bertz CT molecular complexity index is 549. The van der Waals surface area contributed by atoms with E-state index in [0.717, 1.165) is 24.0 Å². The second-order valence-electron chi connectivity index (χ2n) is 4.24. The van der Waals surface area contributed by atoms with Crippen molar-refractivity contribution in [3.8, 4) is 0 Å².